The van der Waals surface area contributed by atoms with Crippen molar-refractivity contribution in [3.8, 4) is 0 Å². The highest BCUT2D eigenvalue weighted by Crippen LogP contribution is 1.81. The Morgan fingerprint density at radius 1 is 1.27 bits per heavy atom. The van der Waals surface area contributed by atoms with Crippen LogP contribution in [0.15, 0.2) is 12.2 Å². The fourth-order valence-corrected chi connectivity index (χ4v) is 0.769. The number of methoxy groups -OCH3 is 1. The van der Waals surface area contributed by atoms with Crippen molar-refractivity contribution in [3.63, 3.8) is 0 Å². The summed E-state index contributed by atoms with van der Waals surface area (Å²) in [6.45, 7) is 5.10. The number of ether oxygens (including phenoxy) is 1. The Kier molecular flexibility index (Phi) is 9.36. The van der Waals surface area contributed by atoms with E-state index in [9.17, 15) is 0 Å². The summed E-state index contributed by atoms with van der Waals surface area (Å²) in [4.78, 5) is 0. The highest BCUT2D eigenvalue weighted by molar-refractivity contribution is 4.81. The summed E-state index contributed by atoms with van der Waals surface area (Å²) in [5, 5.41) is 3.32. The molecule has 0 spiro atoms. The van der Waals surface area contributed by atoms with Gasteiger partial charge in [-0.2, -0.15) is 0 Å². The third-order valence-electron chi connectivity index (χ3n) is 1.34. The van der Waals surface area contributed by atoms with E-state index in [1.807, 2.05) is 6.08 Å². The third kappa shape index (κ3) is 9.66. The molecule has 0 atom stereocenters. The van der Waals surface area contributed by atoms with Crippen LogP contribution in [0.3, 0.4) is 0 Å². The van der Waals surface area contributed by atoms with Crippen molar-refractivity contribution in [2.75, 3.05) is 26.8 Å². The molecule has 11 heavy (non-hydrogen) atoms. The first-order valence-corrected chi connectivity index (χ1v) is 4.26. The van der Waals surface area contributed by atoms with E-state index in [-0.39, 0.29) is 0 Å². The minimum atomic E-state index is 0.730. The Labute approximate surface area is 69.6 Å². The molecule has 0 aromatic rings. The van der Waals surface area contributed by atoms with E-state index in [0.29, 0.717) is 0 Å². The molecule has 66 valence electrons. The number of hydrogen-bond acceptors (Lipinski definition) is 2. The number of hydrogen-bond donors (Lipinski definition) is 1. The molecule has 0 saturated heterocycles. The van der Waals surface area contributed by atoms with Crippen LogP contribution in [0.2, 0.25) is 0 Å². The summed E-state index contributed by atoms with van der Waals surface area (Å²) < 4.78 is 4.86. The normalized spacial score (nSPS) is 11.1. The van der Waals surface area contributed by atoms with Crippen LogP contribution in [0.4, 0.5) is 0 Å². The lowest BCUT2D eigenvalue weighted by Crippen LogP contribution is -2.15. The molecule has 2 heteroatoms. The Balaban J connectivity index is 2.89. The van der Waals surface area contributed by atoms with Gasteiger partial charge in [0.15, 0.2) is 0 Å². The summed E-state index contributed by atoms with van der Waals surface area (Å²) in [5.74, 6) is 0. The molecule has 0 saturated carbocycles. The summed E-state index contributed by atoms with van der Waals surface area (Å²) in [6.07, 6.45) is 6.50. The predicted octanol–water partition coefficient (Wildman–Crippen LogP) is 1.58. The van der Waals surface area contributed by atoms with E-state index in [4.69, 9.17) is 4.74 Å². The molecule has 0 aromatic carbocycles. The minimum Gasteiger partial charge on any atom is -0.381 e. The second-order valence-electron chi connectivity index (χ2n) is 2.47. The molecule has 0 aliphatic carbocycles. The van der Waals surface area contributed by atoms with Gasteiger partial charge in [0, 0.05) is 7.11 Å². The fraction of sp³-hybridized carbons (Fsp3) is 0.778. The predicted molar refractivity (Wildman–Crippen MR) is 48.8 cm³/mol. The van der Waals surface area contributed by atoms with Crippen LogP contribution in [0.1, 0.15) is 19.8 Å². The fourth-order valence-electron chi connectivity index (χ4n) is 0.769. The molecule has 0 aliphatic heterocycles. The molecule has 0 aliphatic rings. The van der Waals surface area contributed by atoms with Crippen LogP contribution in [-0.2, 0) is 4.74 Å². The highest BCUT2D eigenvalue weighted by atomic mass is 16.5. The molecule has 0 unspecified atom stereocenters. The first-order valence-electron chi connectivity index (χ1n) is 4.26. The third-order valence-corrected chi connectivity index (χ3v) is 1.34. The SMILES string of the molecule is CCCNCCC=CCOC. The van der Waals surface area contributed by atoms with E-state index >= 15 is 0 Å². The molecular formula is C9H19NO. The zero-order valence-electron chi connectivity index (χ0n) is 7.60. The molecule has 1 N–H and O–H groups in total. The average molecular weight is 157 g/mol. The van der Waals surface area contributed by atoms with E-state index in [1.54, 1.807) is 7.11 Å². The zero-order chi connectivity index (χ0) is 8.36. The topological polar surface area (TPSA) is 21.3 Å². The molecule has 0 amide bonds. The average Bonchev–Trinajstić information content (AvgIpc) is 2.03. The van der Waals surface area contributed by atoms with Crippen LogP contribution < -0.4 is 5.32 Å². The van der Waals surface area contributed by atoms with Gasteiger partial charge in [0.25, 0.3) is 0 Å². The molecular weight excluding hydrogens is 138 g/mol. The Morgan fingerprint density at radius 3 is 2.73 bits per heavy atom. The monoisotopic (exact) mass is 157 g/mol. The Bertz CT molecular complexity index is 91.6. The maximum absolute atomic E-state index is 4.86. The van der Waals surface area contributed by atoms with Crippen molar-refractivity contribution >= 4 is 0 Å². The van der Waals surface area contributed by atoms with E-state index in [0.717, 1.165) is 26.1 Å². The van der Waals surface area contributed by atoms with Gasteiger partial charge < -0.3 is 10.1 Å². The van der Waals surface area contributed by atoms with Crippen molar-refractivity contribution in [2.24, 2.45) is 0 Å². The van der Waals surface area contributed by atoms with Gasteiger partial charge in [-0.3, -0.25) is 0 Å². The highest BCUT2D eigenvalue weighted by Gasteiger charge is 1.80. The number of nitrogens with one attached hydrogen (secondary N) is 1. The minimum absolute atomic E-state index is 0.730. The maximum Gasteiger partial charge on any atom is 0.0643 e. The van der Waals surface area contributed by atoms with Crippen LogP contribution in [0.5, 0.6) is 0 Å². The summed E-state index contributed by atoms with van der Waals surface area (Å²) in [5.41, 5.74) is 0. The van der Waals surface area contributed by atoms with Crippen LogP contribution in [0.25, 0.3) is 0 Å². The van der Waals surface area contributed by atoms with Gasteiger partial charge in [0.1, 0.15) is 0 Å². The number of rotatable bonds is 7. The summed E-state index contributed by atoms with van der Waals surface area (Å²) in [7, 11) is 1.71. The zero-order valence-corrected chi connectivity index (χ0v) is 7.60. The standard InChI is InChI=1S/C9H19NO/c1-3-7-10-8-5-4-6-9-11-2/h4,6,10H,3,5,7-9H2,1-2H3. The lowest BCUT2D eigenvalue weighted by Gasteiger charge is -1.97. The first-order chi connectivity index (χ1) is 5.41. The second kappa shape index (κ2) is 9.66. The van der Waals surface area contributed by atoms with Gasteiger partial charge in [0.05, 0.1) is 6.61 Å². The van der Waals surface area contributed by atoms with Gasteiger partial charge in [-0.15, -0.1) is 0 Å². The van der Waals surface area contributed by atoms with Crippen molar-refractivity contribution in [1.82, 2.24) is 5.32 Å². The molecule has 0 heterocycles. The lowest BCUT2D eigenvalue weighted by atomic mass is 10.3. The first kappa shape index (κ1) is 10.7. The smallest absolute Gasteiger partial charge is 0.0643 e. The van der Waals surface area contributed by atoms with Crippen molar-refractivity contribution < 1.29 is 4.74 Å². The van der Waals surface area contributed by atoms with Crippen LogP contribution in [0, 0.1) is 0 Å². The van der Waals surface area contributed by atoms with Crippen LogP contribution >= 0.6 is 0 Å². The second-order valence-corrected chi connectivity index (χ2v) is 2.47. The largest absolute Gasteiger partial charge is 0.381 e. The van der Waals surface area contributed by atoms with Crippen molar-refractivity contribution in [2.45, 2.75) is 19.8 Å². The van der Waals surface area contributed by atoms with Gasteiger partial charge in [-0.1, -0.05) is 19.1 Å². The van der Waals surface area contributed by atoms with E-state index < -0.39 is 0 Å². The van der Waals surface area contributed by atoms with Gasteiger partial charge in [-0.05, 0) is 25.9 Å². The van der Waals surface area contributed by atoms with E-state index in [2.05, 4.69) is 18.3 Å². The molecule has 0 rings (SSSR count). The molecule has 0 fully saturated rings. The van der Waals surface area contributed by atoms with E-state index in [1.165, 1.54) is 6.42 Å². The van der Waals surface area contributed by atoms with Crippen molar-refractivity contribution in [3.05, 3.63) is 12.2 Å². The van der Waals surface area contributed by atoms with Crippen LogP contribution in [-0.4, -0.2) is 26.8 Å². The summed E-state index contributed by atoms with van der Waals surface area (Å²) in [6, 6.07) is 0. The van der Waals surface area contributed by atoms with Gasteiger partial charge in [0.2, 0.25) is 0 Å². The quantitative estimate of drug-likeness (QED) is 0.447. The van der Waals surface area contributed by atoms with Gasteiger partial charge >= 0.3 is 0 Å². The molecule has 2 nitrogen and oxygen atoms in total. The molecule has 0 radical (unpaired) electrons. The Hall–Kier alpha value is -0.340. The molecule has 0 bridgehead atoms. The van der Waals surface area contributed by atoms with Gasteiger partial charge in [-0.25, -0.2) is 0 Å². The lowest BCUT2D eigenvalue weighted by molar-refractivity contribution is 0.233. The maximum atomic E-state index is 4.86. The Morgan fingerprint density at radius 2 is 2.09 bits per heavy atom. The molecule has 0 aromatic heterocycles. The summed E-state index contributed by atoms with van der Waals surface area (Å²) >= 11 is 0. The van der Waals surface area contributed by atoms with Crippen molar-refractivity contribution in [1.29, 1.82) is 0 Å².